The molecule has 1 N–H and O–H groups in total. The highest BCUT2D eigenvalue weighted by molar-refractivity contribution is 5.38. The van der Waals surface area contributed by atoms with Gasteiger partial charge in [0.05, 0.1) is 6.61 Å². The summed E-state index contributed by atoms with van der Waals surface area (Å²) in [5, 5.41) is 3.51. The molecule has 0 spiro atoms. The van der Waals surface area contributed by atoms with Gasteiger partial charge in [0.15, 0.2) is 0 Å². The van der Waals surface area contributed by atoms with Crippen LogP contribution in [-0.4, -0.2) is 37.7 Å². The molecule has 0 aromatic heterocycles. The summed E-state index contributed by atoms with van der Waals surface area (Å²) in [6.45, 7) is 5.46. The summed E-state index contributed by atoms with van der Waals surface area (Å²) < 4.78 is 5.89. The maximum Gasteiger partial charge on any atom is 0.124 e. The predicted molar refractivity (Wildman–Crippen MR) is 82.1 cm³/mol. The van der Waals surface area contributed by atoms with Crippen molar-refractivity contribution in [2.45, 2.75) is 38.3 Å². The number of hydrogen-bond donors (Lipinski definition) is 1. The van der Waals surface area contributed by atoms with Gasteiger partial charge in [-0.2, -0.15) is 0 Å². The minimum absolute atomic E-state index is 0.489. The van der Waals surface area contributed by atoms with Gasteiger partial charge < -0.3 is 10.1 Å². The van der Waals surface area contributed by atoms with Crippen LogP contribution in [-0.2, 0) is 0 Å². The van der Waals surface area contributed by atoms with Gasteiger partial charge in [-0.05, 0) is 45.5 Å². The number of ether oxygens (including phenoxy) is 1. The van der Waals surface area contributed by atoms with Gasteiger partial charge in [0.2, 0.25) is 0 Å². The van der Waals surface area contributed by atoms with E-state index in [9.17, 15) is 0 Å². The fourth-order valence-corrected chi connectivity index (χ4v) is 3.73. The lowest BCUT2D eigenvalue weighted by molar-refractivity contribution is 0.0731. The Morgan fingerprint density at radius 1 is 1.20 bits per heavy atom. The first-order valence-electron chi connectivity index (χ1n) is 7.91. The Hall–Kier alpha value is -1.06. The molecule has 2 aliphatic heterocycles. The largest absolute Gasteiger partial charge is 0.493 e. The zero-order valence-corrected chi connectivity index (χ0v) is 12.6. The number of hydrogen-bond acceptors (Lipinski definition) is 3. The number of nitrogens with zero attached hydrogens (tertiary/aromatic N) is 1. The first-order chi connectivity index (χ1) is 9.77. The Balaban J connectivity index is 1.84. The van der Waals surface area contributed by atoms with Crippen LogP contribution in [0.25, 0.3) is 0 Å². The molecule has 3 nitrogen and oxygen atoms in total. The SMILES string of the molecule is CC1COc2ccccc2C1N(C)C1CCCNCC1. The Labute approximate surface area is 122 Å². The average molecular weight is 274 g/mol. The molecule has 0 aliphatic carbocycles. The van der Waals surface area contributed by atoms with Crippen LogP contribution >= 0.6 is 0 Å². The van der Waals surface area contributed by atoms with Crippen LogP contribution in [0.2, 0.25) is 0 Å². The van der Waals surface area contributed by atoms with Crippen molar-refractivity contribution in [3.63, 3.8) is 0 Å². The Morgan fingerprint density at radius 3 is 2.95 bits per heavy atom. The van der Waals surface area contributed by atoms with E-state index in [4.69, 9.17) is 4.74 Å². The monoisotopic (exact) mass is 274 g/mol. The molecule has 3 heteroatoms. The standard InChI is InChI=1S/C17H26N2O/c1-13-12-20-16-8-4-3-7-15(16)17(13)19(2)14-6-5-10-18-11-9-14/h3-4,7-8,13-14,17-18H,5-6,9-12H2,1-2H3. The minimum atomic E-state index is 0.489. The van der Waals surface area contributed by atoms with Gasteiger partial charge in [-0.1, -0.05) is 25.1 Å². The fraction of sp³-hybridized carbons (Fsp3) is 0.647. The van der Waals surface area contributed by atoms with Crippen molar-refractivity contribution in [2.75, 3.05) is 26.7 Å². The van der Waals surface area contributed by atoms with E-state index in [1.54, 1.807) is 0 Å². The molecule has 3 atom stereocenters. The molecule has 2 aliphatic rings. The fourth-order valence-electron chi connectivity index (χ4n) is 3.73. The molecule has 1 aromatic carbocycles. The van der Waals surface area contributed by atoms with Gasteiger partial charge in [0.1, 0.15) is 5.75 Å². The number of benzene rings is 1. The molecule has 0 amide bonds. The molecule has 20 heavy (non-hydrogen) atoms. The molecular weight excluding hydrogens is 248 g/mol. The van der Waals surface area contributed by atoms with Crippen LogP contribution in [0, 0.1) is 5.92 Å². The van der Waals surface area contributed by atoms with Crippen molar-refractivity contribution in [1.82, 2.24) is 10.2 Å². The van der Waals surface area contributed by atoms with E-state index < -0.39 is 0 Å². The van der Waals surface area contributed by atoms with Crippen LogP contribution in [0.5, 0.6) is 5.75 Å². The molecule has 0 bridgehead atoms. The van der Waals surface area contributed by atoms with Crippen molar-refractivity contribution in [3.05, 3.63) is 29.8 Å². The molecule has 1 aromatic rings. The second-order valence-corrected chi connectivity index (χ2v) is 6.27. The van der Waals surface area contributed by atoms with Gasteiger partial charge in [0.25, 0.3) is 0 Å². The molecule has 110 valence electrons. The molecular formula is C17H26N2O. The third-order valence-electron chi connectivity index (χ3n) is 4.84. The lowest BCUT2D eigenvalue weighted by Crippen LogP contribution is -2.41. The second-order valence-electron chi connectivity index (χ2n) is 6.27. The lowest BCUT2D eigenvalue weighted by atomic mass is 9.89. The van der Waals surface area contributed by atoms with Crippen LogP contribution in [0.1, 0.15) is 37.8 Å². The molecule has 1 saturated heterocycles. The highest BCUT2D eigenvalue weighted by Crippen LogP contribution is 2.40. The average Bonchev–Trinajstić information content (AvgIpc) is 2.75. The van der Waals surface area contributed by atoms with Crippen molar-refractivity contribution in [1.29, 1.82) is 0 Å². The van der Waals surface area contributed by atoms with Gasteiger partial charge >= 0.3 is 0 Å². The van der Waals surface area contributed by atoms with Crippen LogP contribution in [0.3, 0.4) is 0 Å². The minimum Gasteiger partial charge on any atom is -0.493 e. The van der Waals surface area contributed by atoms with E-state index in [0.717, 1.165) is 18.9 Å². The van der Waals surface area contributed by atoms with Crippen molar-refractivity contribution >= 4 is 0 Å². The summed E-state index contributed by atoms with van der Waals surface area (Å²) in [4.78, 5) is 2.61. The van der Waals surface area contributed by atoms with Gasteiger partial charge in [-0.3, -0.25) is 4.90 Å². The first-order valence-corrected chi connectivity index (χ1v) is 7.91. The Morgan fingerprint density at radius 2 is 2.05 bits per heavy atom. The van der Waals surface area contributed by atoms with Crippen molar-refractivity contribution in [3.8, 4) is 5.75 Å². The maximum absolute atomic E-state index is 5.89. The van der Waals surface area contributed by atoms with Gasteiger partial charge in [0, 0.05) is 23.6 Å². The van der Waals surface area contributed by atoms with E-state index in [-0.39, 0.29) is 0 Å². The summed E-state index contributed by atoms with van der Waals surface area (Å²) >= 11 is 0. The van der Waals surface area contributed by atoms with Crippen molar-refractivity contribution in [2.24, 2.45) is 5.92 Å². The third-order valence-corrected chi connectivity index (χ3v) is 4.84. The van der Waals surface area contributed by atoms with Gasteiger partial charge in [-0.15, -0.1) is 0 Å². The number of fused-ring (bicyclic) bond motifs is 1. The normalized spacial score (nSPS) is 30.4. The summed E-state index contributed by atoms with van der Waals surface area (Å²) in [6.07, 6.45) is 3.84. The number of para-hydroxylation sites is 1. The van der Waals surface area contributed by atoms with Crippen LogP contribution in [0.15, 0.2) is 24.3 Å². The first kappa shape index (κ1) is 13.9. The zero-order chi connectivity index (χ0) is 13.9. The van der Waals surface area contributed by atoms with Gasteiger partial charge in [-0.25, -0.2) is 0 Å². The molecule has 0 radical (unpaired) electrons. The number of nitrogens with one attached hydrogen (secondary N) is 1. The molecule has 3 unspecified atom stereocenters. The Kier molecular flexibility index (Phi) is 4.27. The van der Waals surface area contributed by atoms with Crippen LogP contribution < -0.4 is 10.1 Å². The topological polar surface area (TPSA) is 24.5 Å². The summed E-state index contributed by atoms with van der Waals surface area (Å²) in [6, 6.07) is 9.72. The van der Waals surface area contributed by atoms with E-state index in [2.05, 4.69) is 48.5 Å². The highest BCUT2D eigenvalue weighted by atomic mass is 16.5. The van der Waals surface area contributed by atoms with E-state index in [0.29, 0.717) is 18.0 Å². The molecule has 1 fully saturated rings. The molecule has 2 heterocycles. The Bertz CT molecular complexity index is 440. The summed E-state index contributed by atoms with van der Waals surface area (Å²) in [5.41, 5.74) is 1.37. The summed E-state index contributed by atoms with van der Waals surface area (Å²) in [7, 11) is 2.30. The predicted octanol–water partition coefficient (Wildman–Crippen LogP) is 2.83. The third kappa shape index (κ3) is 2.70. The zero-order valence-electron chi connectivity index (χ0n) is 12.6. The maximum atomic E-state index is 5.89. The van der Waals surface area contributed by atoms with E-state index >= 15 is 0 Å². The number of rotatable bonds is 2. The van der Waals surface area contributed by atoms with E-state index in [1.807, 2.05) is 0 Å². The lowest BCUT2D eigenvalue weighted by Gasteiger charge is -2.41. The van der Waals surface area contributed by atoms with E-state index in [1.165, 1.54) is 31.4 Å². The quantitative estimate of drug-likeness (QED) is 0.897. The second kappa shape index (κ2) is 6.15. The summed E-state index contributed by atoms with van der Waals surface area (Å²) in [5.74, 6) is 1.63. The smallest absolute Gasteiger partial charge is 0.124 e. The van der Waals surface area contributed by atoms with Crippen molar-refractivity contribution < 1.29 is 4.74 Å². The van der Waals surface area contributed by atoms with Crippen LogP contribution in [0.4, 0.5) is 0 Å². The molecule has 3 rings (SSSR count). The highest BCUT2D eigenvalue weighted by Gasteiger charge is 2.33. The molecule has 0 saturated carbocycles.